The van der Waals surface area contributed by atoms with Gasteiger partial charge in [0.15, 0.2) is 0 Å². The first kappa shape index (κ1) is 19.1. The van der Waals surface area contributed by atoms with Crippen LogP contribution in [-0.4, -0.2) is 24.0 Å². The van der Waals surface area contributed by atoms with Gasteiger partial charge in [0.2, 0.25) is 5.91 Å². The second-order valence-electron chi connectivity index (χ2n) is 5.39. The van der Waals surface area contributed by atoms with E-state index in [1.165, 1.54) is 0 Å². The van der Waals surface area contributed by atoms with Crippen LogP contribution in [0.1, 0.15) is 12.0 Å². The summed E-state index contributed by atoms with van der Waals surface area (Å²) < 4.78 is 0. The first-order chi connectivity index (χ1) is 11.5. The van der Waals surface area contributed by atoms with Gasteiger partial charge >= 0.3 is 0 Å². The number of amides is 1. The van der Waals surface area contributed by atoms with Gasteiger partial charge in [-0.05, 0) is 41.7 Å². The molecule has 0 heterocycles. The van der Waals surface area contributed by atoms with Gasteiger partial charge in [-0.1, -0.05) is 53.5 Å². The monoisotopic (exact) mass is 382 g/mol. The minimum atomic E-state index is -0.483. The van der Waals surface area contributed by atoms with Crippen LogP contribution in [0.2, 0.25) is 10.0 Å². The number of nitrogens with one attached hydrogen (secondary N) is 1. The fourth-order valence-electron chi connectivity index (χ4n) is 2.33. The normalized spacial score (nSPS) is 12.0. The first-order valence-electron chi connectivity index (χ1n) is 7.58. The van der Waals surface area contributed by atoms with Crippen LogP contribution < -0.4 is 11.1 Å². The molecule has 128 valence electrons. The Balaban J connectivity index is 2.13. The number of carbonyl (C=O) groups excluding carboxylic acids is 1. The summed E-state index contributed by atoms with van der Waals surface area (Å²) in [5.74, 6) is 0.729. The molecular formula is C18H20Cl2N2OS. The Morgan fingerprint density at radius 2 is 1.96 bits per heavy atom. The van der Waals surface area contributed by atoms with Crippen molar-refractivity contribution >= 4 is 40.9 Å². The third-order valence-corrected chi connectivity index (χ3v) is 4.85. The van der Waals surface area contributed by atoms with E-state index < -0.39 is 6.04 Å². The minimum absolute atomic E-state index is 0.138. The Bertz CT molecular complexity index is 709. The molecule has 3 N–H and O–H groups in total. The Morgan fingerprint density at radius 1 is 1.21 bits per heavy atom. The van der Waals surface area contributed by atoms with Gasteiger partial charge in [0.25, 0.3) is 0 Å². The molecule has 2 aromatic carbocycles. The molecule has 0 aliphatic carbocycles. The highest BCUT2D eigenvalue weighted by Gasteiger charge is 2.14. The maximum absolute atomic E-state index is 12.1. The lowest BCUT2D eigenvalue weighted by Crippen LogP contribution is -2.40. The highest BCUT2D eigenvalue weighted by molar-refractivity contribution is 7.98. The van der Waals surface area contributed by atoms with Gasteiger partial charge in [-0.2, -0.15) is 11.8 Å². The van der Waals surface area contributed by atoms with E-state index >= 15 is 0 Å². The average molecular weight is 383 g/mol. The summed E-state index contributed by atoms with van der Waals surface area (Å²) in [6.07, 6.45) is 2.66. The quantitative estimate of drug-likeness (QED) is 0.747. The molecule has 0 fully saturated rings. The van der Waals surface area contributed by atoms with Gasteiger partial charge in [-0.3, -0.25) is 4.79 Å². The smallest absolute Gasteiger partial charge is 0.237 e. The fraction of sp³-hybridized carbons (Fsp3) is 0.278. The van der Waals surface area contributed by atoms with E-state index in [1.807, 2.05) is 36.6 Å². The van der Waals surface area contributed by atoms with E-state index in [-0.39, 0.29) is 5.91 Å². The summed E-state index contributed by atoms with van der Waals surface area (Å²) >= 11 is 14.0. The van der Waals surface area contributed by atoms with E-state index in [4.69, 9.17) is 28.9 Å². The predicted octanol–water partition coefficient (Wildman–Crippen LogP) is 4.36. The molecule has 1 atom stereocenters. The maximum Gasteiger partial charge on any atom is 0.237 e. The standard InChI is InChI=1S/C18H20Cl2N2OS/c1-24-9-8-17(21)18(23)22-11-12-4-2-3-5-14(12)15-7-6-13(19)10-16(15)20/h2-7,10,17H,8-9,11,21H2,1H3,(H,22,23)/t17-/m0/s1. The summed E-state index contributed by atoms with van der Waals surface area (Å²) in [5, 5.41) is 4.08. The molecule has 0 bridgehead atoms. The van der Waals surface area contributed by atoms with Gasteiger partial charge < -0.3 is 11.1 Å². The number of hydrogen-bond donors (Lipinski definition) is 2. The minimum Gasteiger partial charge on any atom is -0.351 e. The summed E-state index contributed by atoms with van der Waals surface area (Å²) in [4.78, 5) is 12.1. The van der Waals surface area contributed by atoms with Crippen LogP contribution in [0, 0.1) is 0 Å². The predicted molar refractivity (Wildman–Crippen MR) is 105 cm³/mol. The molecule has 1 amide bonds. The maximum atomic E-state index is 12.1. The van der Waals surface area contributed by atoms with Gasteiger partial charge in [0, 0.05) is 22.2 Å². The summed E-state index contributed by atoms with van der Waals surface area (Å²) in [6, 6.07) is 12.7. The lowest BCUT2D eigenvalue weighted by atomic mass is 9.99. The van der Waals surface area contributed by atoms with Gasteiger partial charge in [-0.15, -0.1) is 0 Å². The molecule has 6 heteroatoms. The zero-order chi connectivity index (χ0) is 17.5. The number of thioether (sulfide) groups is 1. The van der Waals surface area contributed by atoms with Crippen molar-refractivity contribution < 1.29 is 4.79 Å². The zero-order valence-corrected chi connectivity index (χ0v) is 15.7. The second-order valence-corrected chi connectivity index (χ2v) is 7.22. The SMILES string of the molecule is CSCC[C@H](N)C(=O)NCc1ccccc1-c1ccc(Cl)cc1Cl. The topological polar surface area (TPSA) is 55.1 Å². The van der Waals surface area contributed by atoms with Crippen molar-refractivity contribution in [2.75, 3.05) is 12.0 Å². The third-order valence-electron chi connectivity index (χ3n) is 3.66. The third kappa shape index (κ3) is 5.15. The lowest BCUT2D eigenvalue weighted by Gasteiger charge is -2.15. The van der Waals surface area contributed by atoms with Crippen LogP contribution in [0.4, 0.5) is 0 Å². The van der Waals surface area contributed by atoms with E-state index in [1.54, 1.807) is 23.9 Å². The fourth-order valence-corrected chi connectivity index (χ4v) is 3.33. The molecule has 0 saturated heterocycles. The lowest BCUT2D eigenvalue weighted by molar-refractivity contribution is -0.122. The van der Waals surface area contributed by atoms with E-state index in [0.29, 0.717) is 23.0 Å². The molecule has 2 rings (SSSR count). The summed E-state index contributed by atoms with van der Waals surface area (Å²) in [6.45, 7) is 0.404. The van der Waals surface area contributed by atoms with Crippen LogP contribution in [0.15, 0.2) is 42.5 Å². The van der Waals surface area contributed by atoms with Crippen LogP contribution in [0.25, 0.3) is 11.1 Å². The van der Waals surface area contributed by atoms with Crippen molar-refractivity contribution in [2.24, 2.45) is 5.73 Å². The molecule has 0 unspecified atom stereocenters. The molecule has 2 aromatic rings. The Hall–Kier alpha value is -1.20. The van der Waals surface area contributed by atoms with Crippen LogP contribution >= 0.6 is 35.0 Å². The Kier molecular flexibility index (Phi) is 7.43. The molecule has 24 heavy (non-hydrogen) atoms. The van der Waals surface area contributed by atoms with Crippen LogP contribution in [0.3, 0.4) is 0 Å². The Labute approximate surface area is 156 Å². The number of hydrogen-bond acceptors (Lipinski definition) is 3. The van der Waals surface area contributed by atoms with Crippen molar-refractivity contribution in [3.05, 3.63) is 58.1 Å². The van der Waals surface area contributed by atoms with E-state index in [9.17, 15) is 4.79 Å². The van der Waals surface area contributed by atoms with Crippen LogP contribution in [0.5, 0.6) is 0 Å². The van der Waals surface area contributed by atoms with Crippen LogP contribution in [-0.2, 0) is 11.3 Å². The second kappa shape index (κ2) is 9.33. The zero-order valence-electron chi connectivity index (χ0n) is 13.4. The largest absolute Gasteiger partial charge is 0.351 e. The number of rotatable bonds is 7. The molecule has 0 aromatic heterocycles. The van der Waals surface area contributed by atoms with Gasteiger partial charge in [-0.25, -0.2) is 0 Å². The van der Waals surface area contributed by atoms with Gasteiger partial charge in [0.1, 0.15) is 0 Å². The molecule has 0 spiro atoms. The number of nitrogens with two attached hydrogens (primary N) is 1. The summed E-state index contributed by atoms with van der Waals surface area (Å²) in [7, 11) is 0. The number of carbonyl (C=O) groups is 1. The number of benzene rings is 2. The first-order valence-corrected chi connectivity index (χ1v) is 9.73. The number of halogens is 2. The highest BCUT2D eigenvalue weighted by atomic mass is 35.5. The molecule has 0 aliphatic heterocycles. The van der Waals surface area contributed by atoms with Crippen molar-refractivity contribution in [1.82, 2.24) is 5.32 Å². The van der Waals surface area contributed by atoms with E-state index in [2.05, 4.69) is 5.32 Å². The molecule has 0 radical (unpaired) electrons. The van der Waals surface area contributed by atoms with Crippen molar-refractivity contribution in [3.8, 4) is 11.1 Å². The Morgan fingerprint density at radius 3 is 2.67 bits per heavy atom. The van der Waals surface area contributed by atoms with E-state index in [0.717, 1.165) is 22.4 Å². The molecule has 3 nitrogen and oxygen atoms in total. The van der Waals surface area contributed by atoms with Gasteiger partial charge in [0.05, 0.1) is 6.04 Å². The summed E-state index contributed by atoms with van der Waals surface area (Å²) in [5.41, 5.74) is 8.73. The highest BCUT2D eigenvalue weighted by Crippen LogP contribution is 2.32. The van der Waals surface area contributed by atoms with Crippen molar-refractivity contribution in [2.45, 2.75) is 19.0 Å². The molecule has 0 aliphatic rings. The van der Waals surface area contributed by atoms with Crippen molar-refractivity contribution in [3.63, 3.8) is 0 Å². The van der Waals surface area contributed by atoms with Crippen molar-refractivity contribution in [1.29, 1.82) is 0 Å². The molecular weight excluding hydrogens is 363 g/mol. The average Bonchev–Trinajstić information content (AvgIpc) is 2.58. The molecule has 0 saturated carbocycles.